The molecule has 0 bridgehead atoms. The van der Waals surface area contributed by atoms with Gasteiger partial charge in [0, 0.05) is 20.3 Å². The Morgan fingerprint density at radius 1 is 1.07 bits per heavy atom. The van der Waals surface area contributed by atoms with E-state index < -0.39 is 17.8 Å². The third-order valence-corrected chi connectivity index (χ3v) is 6.39. The van der Waals surface area contributed by atoms with Gasteiger partial charge in [0.1, 0.15) is 6.23 Å². The molecule has 0 atom stereocenters. The fraction of sp³-hybridized carbons (Fsp3) is 1.00. The van der Waals surface area contributed by atoms with E-state index in [0.29, 0.717) is 19.4 Å². The smallest absolute Gasteiger partial charge is 0.414 e. The summed E-state index contributed by atoms with van der Waals surface area (Å²) in [5.74, 6) is 0. The van der Waals surface area contributed by atoms with Gasteiger partial charge in [0.05, 0.1) is 0 Å². The van der Waals surface area contributed by atoms with Gasteiger partial charge in [0.15, 0.2) is 9.04 Å². The van der Waals surface area contributed by atoms with Crippen LogP contribution in [0, 0.1) is 0 Å². The van der Waals surface area contributed by atoms with Crippen molar-refractivity contribution in [2.24, 2.45) is 0 Å². The van der Waals surface area contributed by atoms with E-state index in [2.05, 4.69) is 13.1 Å². The van der Waals surface area contributed by atoms with E-state index in [1.54, 1.807) is 7.11 Å². The lowest BCUT2D eigenvalue weighted by Gasteiger charge is -2.29. The van der Waals surface area contributed by atoms with Crippen molar-refractivity contribution in [3.63, 3.8) is 0 Å². The summed E-state index contributed by atoms with van der Waals surface area (Å²) >= 11 is 0. The fourth-order valence-electron chi connectivity index (χ4n) is 1.14. The van der Waals surface area contributed by atoms with Gasteiger partial charge in [-0.05, 0) is 26.9 Å². The standard InChI is InChI=1S/C8H21O4Si2/c1-6-10-14(8-9-3,11-7-2)12-13(4)5/h6-8H2,1-5H3. The van der Waals surface area contributed by atoms with E-state index in [-0.39, 0.29) is 0 Å². The average molecular weight is 237 g/mol. The second kappa shape index (κ2) is 7.55. The zero-order valence-corrected chi connectivity index (χ0v) is 11.8. The Bertz CT molecular complexity index is 126. The molecule has 0 saturated carbocycles. The van der Waals surface area contributed by atoms with Crippen molar-refractivity contribution in [3.05, 3.63) is 0 Å². The summed E-state index contributed by atoms with van der Waals surface area (Å²) in [6.07, 6.45) is 0.435. The Balaban J connectivity index is 4.37. The minimum absolute atomic E-state index is 0.435. The number of hydrogen-bond acceptors (Lipinski definition) is 4. The molecule has 0 aliphatic rings. The van der Waals surface area contributed by atoms with E-state index >= 15 is 0 Å². The van der Waals surface area contributed by atoms with Crippen LogP contribution in [0.2, 0.25) is 13.1 Å². The van der Waals surface area contributed by atoms with E-state index in [1.165, 1.54) is 0 Å². The first-order valence-corrected chi connectivity index (χ1v) is 9.20. The normalized spacial score (nSPS) is 12.4. The molecule has 0 N–H and O–H groups in total. The van der Waals surface area contributed by atoms with Gasteiger partial charge in [-0.1, -0.05) is 0 Å². The van der Waals surface area contributed by atoms with Crippen molar-refractivity contribution in [2.75, 3.05) is 26.6 Å². The third-order valence-electron chi connectivity index (χ3n) is 1.41. The van der Waals surface area contributed by atoms with E-state index in [4.69, 9.17) is 17.7 Å². The third kappa shape index (κ3) is 5.23. The lowest BCUT2D eigenvalue weighted by atomic mass is 10.9. The van der Waals surface area contributed by atoms with Gasteiger partial charge in [-0.3, -0.25) is 0 Å². The van der Waals surface area contributed by atoms with Gasteiger partial charge in [-0.25, -0.2) is 0 Å². The lowest BCUT2D eigenvalue weighted by molar-refractivity contribution is 0.0777. The van der Waals surface area contributed by atoms with Crippen molar-refractivity contribution < 1.29 is 17.7 Å². The predicted molar refractivity (Wildman–Crippen MR) is 59.4 cm³/mol. The molecule has 0 aromatic carbocycles. The summed E-state index contributed by atoms with van der Waals surface area (Å²) in [6, 6.07) is 0. The minimum atomic E-state index is -2.54. The second-order valence-corrected chi connectivity index (χ2v) is 7.86. The van der Waals surface area contributed by atoms with Crippen LogP contribution in [0.5, 0.6) is 0 Å². The summed E-state index contributed by atoms with van der Waals surface area (Å²) in [5.41, 5.74) is 0. The van der Waals surface area contributed by atoms with E-state index in [9.17, 15) is 0 Å². The van der Waals surface area contributed by atoms with Gasteiger partial charge in [0.25, 0.3) is 0 Å². The molecule has 0 amide bonds. The van der Waals surface area contributed by atoms with Crippen LogP contribution in [-0.4, -0.2) is 44.4 Å². The van der Waals surface area contributed by atoms with Crippen LogP contribution in [0.25, 0.3) is 0 Å². The van der Waals surface area contributed by atoms with Crippen molar-refractivity contribution >= 4 is 17.8 Å². The highest BCUT2D eigenvalue weighted by molar-refractivity contribution is 6.70. The first-order chi connectivity index (χ1) is 6.60. The molecular formula is C8H21O4Si2. The van der Waals surface area contributed by atoms with Crippen molar-refractivity contribution in [2.45, 2.75) is 26.9 Å². The van der Waals surface area contributed by atoms with Crippen molar-refractivity contribution in [1.82, 2.24) is 0 Å². The zero-order chi connectivity index (χ0) is 11.0. The molecule has 0 aromatic rings. The van der Waals surface area contributed by atoms with E-state index in [1.807, 2.05) is 13.8 Å². The van der Waals surface area contributed by atoms with E-state index in [0.717, 1.165) is 0 Å². The van der Waals surface area contributed by atoms with Gasteiger partial charge in [-0.15, -0.1) is 0 Å². The van der Waals surface area contributed by atoms with Crippen LogP contribution in [0.3, 0.4) is 0 Å². The zero-order valence-electron chi connectivity index (χ0n) is 9.75. The SMILES string of the molecule is CCO[Si](COC)(OCC)O[Si](C)C. The Morgan fingerprint density at radius 2 is 1.57 bits per heavy atom. The molecular weight excluding hydrogens is 216 g/mol. The van der Waals surface area contributed by atoms with Crippen molar-refractivity contribution in [1.29, 1.82) is 0 Å². The minimum Gasteiger partial charge on any atom is -0.414 e. The summed E-state index contributed by atoms with van der Waals surface area (Å²) in [5, 5.41) is 0. The van der Waals surface area contributed by atoms with Crippen LogP contribution in [0.4, 0.5) is 0 Å². The summed E-state index contributed by atoms with van der Waals surface area (Å²) in [4.78, 5) is 0. The highest BCUT2D eigenvalue weighted by atomic mass is 28.4. The predicted octanol–water partition coefficient (Wildman–Crippen LogP) is 1.45. The molecule has 6 heteroatoms. The Labute approximate surface area is 89.6 Å². The monoisotopic (exact) mass is 237 g/mol. The average Bonchev–Trinajstić information content (AvgIpc) is 2.03. The van der Waals surface area contributed by atoms with Crippen LogP contribution in [0.15, 0.2) is 0 Å². The molecule has 14 heavy (non-hydrogen) atoms. The van der Waals surface area contributed by atoms with Crippen molar-refractivity contribution in [3.8, 4) is 0 Å². The van der Waals surface area contributed by atoms with Crippen LogP contribution in [-0.2, 0) is 17.7 Å². The molecule has 4 nitrogen and oxygen atoms in total. The first-order valence-electron chi connectivity index (χ1n) is 4.86. The number of hydrogen-bond donors (Lipinski definition) is 0. The molecule has 0 aromatic heterocycles. The number of methoxy groups -OCH3 is 1. The lowest BCUT2D eigenvalue weighted by Crippen LogP contribution is -2.53. The Morgan fingerprint density at radius 3 is 1.86 bits per heavy atom. The molecule has 0 aliphatic carbocycles. The highest BCUT2D eigenvalue weighted by Gasteiger charge is 2.41. The maximum atomic E-state index is 5.83. The largest absolute Gasteiger partial charge is 0.517 e. The Kier molecular flexibility index (Phi) is 7.70. The molecule has 0 spiro atoms. The summed E-state index contributed by atoms with van der Waals surface area (Å²) < 4.78 is 22.2. The first kappa shape index (κ1) is 14.3. The molecule has 0 saturated heterocycles. The summed E-state index contributed by atoms with van der Waals surface area (Å²) in [6.45, 7) is 9.23. The maximum Gasteiger partial charge on any atom is 0.517 e. The van der Waals surface area contributed by atoms with Gasteiger partial charge in [-0.2, -0.15) is 0 Å². The molecule has 0 fully saturated rings. The molecule has 0 rings (SSSR count). The molecule has 0 unspecified atom stereocenters. The van der Waals surface area contributed by atoms with Crippen LogP contribution >= 0.6 is 0 Å². The molecule has 0 heterocycles. The molecule has 0 aliphatic heterocycles. The molecule has 85 valence electrons. The molecule has 1 radical (unpaired) electrons. The maximum absolute atomic E-state index is 5.83. The fourth-order valence-corrected chi connectivity index (χ4v) is 5.82. The van der Waals surface area contributed by atoms with Gasteiger partial charge < -0.3 is 17.7 Å². The number of ether oxygens (including phenoxy) is 1. The summed E-state index contributed by atoms with van der Waals surface area (Å²) in [7, 11) is -1.72. The van der Waals surface area contributed by atoms with Gasteiger partial charge in [0.2, 0.25) is 0 Å². The number of rotatable bonds is 8. The topological polar surface area (TPSA) is 36.9 Å². The second-order valence-electron chi connectivity index (χ2n) is 2.99. The van der Waals surface area contributed by atoms with Gasteiger partial charge >= 0.3 is 8.80 Å². The van der Waals surface area contributed by atoms with Crippen LogP contribution in [0.1, 0.15) is 13.8 Å². The highest BCUT2D eigenvalue weighted by Crippen LogP contribution is 2.11. The Hall–Kier alpha value is 0.274. The quantitative estimate of drug-likeness (QED) is 0.599. The van der Waals surface area contributed by atoms with Crippen LogP contribution < -0.4 is 0 Å².